The number of imidazole rings is 2. The number of fused-ring (bicyclic) bond motifs is 6. The zero-order valence-corrected chi connectivity index (χ0v) is 42.2. The first kappa shape index (κ1) is 49.0. The third-order valence-corrected chi connectivity index (χ3v) is 15.0. The number of halogens is 2. The van der Waals surface area contributed by atoms with E-state index in [9.17, 15) is 24.0 Å². The van der Waals surface area contributed by atoms with Crippen LogP contribution in [0.5, 0.6) is 11.5 Å². The van der Waals surface area contributed by atoms with Crippen molar-refractivity contribution in [2.24, 2.45) is 11.8 Å². The minimum Gasteiger partial charge on any atom is -0.454 e. The van der Waals surface area contributed by atoms with Crippen molar-refractivity contribution in [1.29, 1.82) is 0 Å². The van der Waals surface area contributed by atoms with Crippen LogP contribution in [0.25, 0.3) is 44.5 Å². The molecule has 2 aromatic heterocycles. The van der Waals surface area contributed by atoms with Crippen molar-refractivity contribution in [1.82, 2.24) is 50.2 Å². The number of carbonyl (C=O) groups is 5. The largest absolute Gasteiger partial charge is 0.454 e. The number of methoxy groups -OCH3 is 2. The van der Waals surface area contributed by atoms with Crippen LogP contribution in [0.4, 0.5) is 23.2 Å². The predicted molar refractivity (Wildman–Crippen MR) is 268 cm³/mol. The lowest BCUT2D eigenvalue weighted by atomic mass is 9.98. The number of alkyl halides is 2. The number of ether oxygens (including phenoxy) is 4. The number of aromatic amines is 2. The average molecular weight is 1030 g/mol. The number of hydrogen-bond acceptors (Lipinski definition) is 11. The number of alkyl carbamates (subject to hydrolysis) is 2. The molecular weight excluding hydrogens is 971 g/mol. The Bertz CT molecular complexity index is 3270. The molecule has 2 fully saturated rings. The molecule has 0 saturated carbocycles. The first-order chi connectivity index (χ1) is 36.0. The molecule has 1 unspecified atom stereocenters. The number of amides is 6. The highest BCUT2D eigenvalue weighted by Gasteiger charge is 2.47. The summed E-state index contributed by atoms with van der Waals surface area (Å²) >= 11 is 0. The summed E-state index contributed by atoms with van der Waals surface area (Å²) in [5, 5.41) is 5.31. The van der Waals surface area contributed by atoms with Crippen molar-refractivity contribution in [3.63, 3.8) is 0 Å². The van der Waals surface area contributed by atoms with Crippen LogP contribution >= 0.6 is 0 Å². The first-order valence-electron chi connectivity index (χ1n) is 25.0. The van der Waals surface area contributed by atoms with Gasteiger partial charge in [0.2, 0.25) is 18.6 Å². The molecule has 5 aliphatic rings. The highest BCUT2D eigenvalue weighted by Crippen LogP contribution is 2.53. The monoisotopic (exact) mass is 1030 g/mol. The normalized spacial score (nSPS) is 18.9. The SMILES string of the molecule is COC(=O)N[C@H](C(=O)N1CCCC1c1nc2ccc(-c3ccc4c(c3)C(F)(F)c3cc(-c5cnc([C@@H]6CN(C(=O)N7Cc8cc9c(cc8C7)OCO9)CN6C(=O)[C@@H](NC(=O)OC)C(C)C)[nH]5)ccc3-4)cc2[nH]1)C(C)C. The van der Waals surface area contributed by atoms with E-state index in [0.29, 0.717) is 93.7 Å². The smallest absolute Gasteiger partial charge is 0.407 e. The molecule has 4 atom stereocenters. The number of nitrogens with zero attached hydrogens (tertiary/aromatic N) is 6. The maximum absolute atomic E-state index is 16.9. The number of aromatic nitrogens is 4. The van der Waals surface area contributed by atoms with E-state index >= 15 is 8.78 Å². The van der Waals surface area contributed by atoms with Gasteiger partial charge in [0.15, 0.2) is 11.5 Å². The highest BCUT2D eigenvalue weighted by molar-refractivity contribution is 5.90. The lowest BCUT2D eigenvalue weighted by molar-refractivity contribution is -0.136. The molecule has 0 radical (unpaired) electrons. The summed E-state index contributed by atoms with van der Waals surface area (Å²) in [4.78, 5) is 89.6. The van der Waals surface area contributed by atoms with Crippen LogP contribution in [0.3, 0.4) is 0 Å². The van der Waals surface area contributed by atoms with E-state index in [2.05, 4.69) is 25.6 Å². The summed E-state index contributed by atoms with van der Waals surface area (Å²) in [5.74, 6) is -2.43. The molecule has 0 bridgehead atoms. The lowest BCUT2D eigenvalue weighted by Gasteiger charge is -2.29. The van der Waals surface area contributed by atoms with E-state index in [1.165, 1.54) is 37.4 Å². The van der Waals surface area contributed by atoms with Crippen LogP contribution in [0.1, 0.15) is 86.5 Å². The van der Waals surface area contributed by atoms with Gasteiger partial charge >= 0.3 is 18.2 Å². The van der Waals surface area contributed by atoms with Gasteiger partial charge in [-0.05, 0) is 94.5 Å². The van der Waals surface area contributed by atoms with Crippen molar-refractivity contribution in [2.45, 2.75) is 83.7 Å². The Kier molecular flexibility index (Phi) is 12.4. The zero-order valence-electron chi connectivity index (χ0n) is 42.2. The number of benzene rings is 4. The quantitative estimate of drug-likeness (QED) is 0.103. The van der Waals surface area contributed by atoms with Crippen molar-refractivity contribution in [3.8, 4) is 45.0 Å². The molecule has 11 rings (SSSR count). The summed E-state index contributed by atoms with van der Waals surface area (Å²) in [6, 6.07) is 16.0. The number of carbonyl (C=O) groups excluding carboxylic acids is 5. The average Bonchev–Trinajstić information content (AvgIpc) is 4.29. The topological polar surface area (TPSA) is 217 Å². The minimum absolute atomic E-state index is 0.0567. The van der Waals surface area contributed by atoms with Gasteiger partial charge in [-0.25, -0.2) is 24.4 Å². The van der Waals surface area contributed by atoms with E-state index in [4.69, 9.17) is 23.9 Å². The van der Waals surface area contributed by atoms with Gasteiger partial charge in [-0.1, -0.05) is 58.0 Å². The predicted octanol–water partition coefficient (Wildman–Crippen LogP) is 8.17. The first-order valence-corrected chi connectivity index (χ1v) is 25.0. The molecule has 6 aromatic rings. The van der Waals surface area contributed by atoms with Crippen LogP contribution in [0.2, 0.25) is 0 Å². The van der Waals surface area contributed by atoms with Gasteiger partial charge in [0.1, 0.15) is 29.8 Å². The number of rotatable bonds is 10. The second-order valence-electron chi connectivity index (χ2n) is 20.3. The molecule has 2 saturated heterocycles. The van der Waals surface area contributed by atoms with Crippen LogP contribution in [-0.2, 0) is 38.1 Å². The third-order valence-electron chi connectivity index (χ3n) is 15.0. The van der Waals surface area contributed by atoms with Crippen LogP contribution in [0, 0.1) is 11.8 Å². The number of hydrogen-bond donors (Lipinski definition) is 4. The molecule has 4 N–H and O–H groups in total. The van der Waals surface area contributed by atoms with Crippen molar-refractivity contribution < 1.29 is 51.7 Å². The Hall–Kier alpha value is -8.23. The highest BCUT2D eigenvalue weighted by atomic mass is 19.3. The van der Waals surface area contributed by atoms with Crippen LogP contribution < -0.4 is 20.1 Å². The van der Waals surface area contributed by atoms with Gasteiger partial charge in [-0.3, -0.25) is 9.59 Å². The molecular formula is C54H56F2N10O9. The maximum Gasteiger partial charge on any atom is 0.407 e. The summed E-state index contributed by atoms with van der Waals surface area (Å²) in [6.45, 7) is 8.52. The number of nitrogens with one attached hydrogen (secondary N) is 4. The Morgan fingerprint density at radius 1 is 0.720 bits per heavy atom. The molecule has 75 heavy (non-hydrogen) atoms. The molecule has 21 heteroatoms. The Morgan fingerprint density at radius 2 is 1.31 bits per heavy atom. The number of likely N-dealkylation sites (tertiary alicyclic amines) is 1. The summed E-state index contributed by atoms with van der Waals surface area (Å²) in [6.07, 6.45) is 1.49. The van der Waals surface area contributed by atoms with Gasteiger partial charge in [0, 0.05) is 36.3 Å². The standard InChI is InChI=1S/C54H56F2N10O9/c1-27(2)45(61-51(69)72-5)49(67)65-15-7-8-41(65)48-58-38-14-11-30(18-39(38)59-48)29-9-12-34-35-13-10-31(17-37(35)54(55,56)36(34)16-29)40-21-57-47(60-40)42-24-64(25-66(42)50(68)46(28(3)4)62-52(70)73-6)53(71)63-22-32-19-43-44(75-26-74-43)20-33(32)23-63/h9-14,16-21,27-28,41-42,45-46H,7-8,15,22-26H2,1-6H3,(H,57,60)(H,58,59)(H,61,69)(H,62,70)/t41?,42-,45-,46-/m0/s1. The van der Waals surface area contributed by atoms with E-state index in [1.807, 2.05) is 50.2 Å². The summed E-state index contributed by atoms with van der Waals surface area (Å²) < 4.78 is 54.4. The Morgan fingerprint density at radius 3 is 1.93 bits per heavy atom. The maximum atomic E-state index is 16.9. The second-order valence-corrected chi connectivity index (χ2v) is 20.3. The van der Waals surface area contributed by atoms with Gasteiger partial charge < -0.3 is 59.1 Å². The minimum atomic E-state index is -3.37. The van der Waals surface area contributed by atoms with E-state index in [1.54, 1.807) is 46.7 Å². The van der Waals surface area contributed by atoms with Gasteiger partial charge in [0.05, 0.1) is 56.4 Å². The van der Waals surface area contributed by atoms with Gasteiger partial charge in [-0.15, -0.1) is 0 Å². The molecule has 390 valence electrons. The molecule has 4 aromatic carbocycles. The van der Waals surface area contributed by atoms with Crippen LogP contribution in [0.15, 0.2) is 72.9 Å². The van der Waals surface area contributed by atoms with Crippen molar-refractivity contribution >= 4 is 41.1 Å². The fourth-order valence-electron chi connectivity index (χ4n) is 11.0. The lowest BCUT2D eigenvalue weighted by Crippen LogP contribution is -2.52. The number of urea groups is 1. The zero-order chi connectivity index (χ0) is 52.6. The molecule has 4 aliphatic heterocycles. The second kappa shape index (κ2) is 18.9. The molecule has 1 aliphatic carbocycles. The number of H-pyrrole nitrogens is 2. The summed E-state index contributed by atoms with van der Waals surface area (Å²) in [7, 11) is 2.46. The van der Waals surface area contributed by atoms with E-state index < -0.39 is 42.1 Å². The fourth-order valence-corrected chi connectivity index (χ4v) is 11.0. The molecule has 6 heterocycles. The van der Waals surface area contributed by atoms with E-state index in [-0.39, 0.29) is 60.9 Å². The van der Waals surface area contributed by atoms with Crippen LogP contribution in [-0.4, -0.2) is 122 Å². The van der Waals surface area contributed by atoms with Crippen molar-refractivity contribution in [3.05, 3.63) is 107 Å². The van der Waals surface area contributed by atoms with E-state index in [0.717, 1.165) is 17.5 Å². The molecule has 19 nitrogen and oxygen atoms in total. The third kappa shape index (κ3) is 8.66. The van der Waals surface area contributed by atoms with Gasteiger partial charge in [-0.2, -0.15) is 8.78 Å². The molecule has 0 spiro atoms. The fraction of sp³-hybridized carbons (Fsp3) is 0.389. The van der Waals surface area contributed by atoms with Crippen molar-refractivity contribution in [2.75, 3.05) is 40.8 Å². The molecule has 6 amide bonds. The summed E-state index contributed by atoms with van der Waals surface area (Å²) in [5.41, 5.74) is 5.82. The van der Waals surface area contributed by atoms with Gasteiger partial charge in [0.25, 0.3) is 5.92 Å². The Labute approximate surface area is 429 Å². The Balaban J connectivity index is 0.833.